The average Bonchev–Trinajstić information content (AvgIpc) is 2.97. The van der Waals surface area contributed by atoms with Crippen LogP contribution in [0.1, 0.15) is 31.4 Å². The summed E-state index contributed by atoms with van der Waals surface area (Å²) in [6, 6.07) is 8.93. The van der Waals surface area contributed by atoms with E-state index in [-0.39, 0.29) is 5.91 Å². The van der Waals surface area contributed by atoms with Crippen molar-refractivity contribution in [1.82, 2.24) is 10.2 Å². The molecule has 2 atom stereocenters. The van der Waals surface area contributed by atoms with Crippen LogP contribution in [0.3, 0.4) is 0 Å². The molecule has 1 fully saturated rings. The fourth-order valence-electron chi connectivity index (χ4n) is 2.67. The summed E-state index contributed by atoms with van der Waals surface area (Å²) in [6.07, 6.45) is 2.61. The maximum absolute atomic E-state index is 12.0. The van der Waals surface area contributed by atoms with Gasteiger partial charge in [-0.25, -0.2) is 0 Å². The molecule has 4 heteroatoms. The summed E-state index contributed by atoms with van der Waals surface area (Å²) in [6.45, 7) is 6.31. The normalized spacial score (nSPS) is 18.7. The highest BCUT2D eigenvalue weighted by Crippen LogP contribution is 2.11. The molecular formula is C16H25N3O. The Morgan fingerprint density at radius 3 is 2.60 bits per heavy atom. The van der Waals surface area contributed by atoms with Gasteiger partial charge in [0.2, 0.25) is 5.91 Å². The molecule has 1 heterocycles. The lowest BCUT2D eigenvalue weighted by Crippen LogP contribution is -2.39. The first kappa shape index (κ1) is 15.0. The van der Waals surface area contributed by atoms with E-state index in [9.17, 15) is 4.79 Å². The third kappa shape index (κ3) is 4.32. The quantitative estimate of drug-likeness (QED) is 0.828. The highest BCUT2D eigenvalue weighted by Gasteiger charge is 2.18. The Morgan fingerprint density at radius 2 is 1.95 bits per heavy atom. The zero-order valence-corrected chi connectivity index (χ0v) is 12.2. The lowest BCUT2D eigenvalue weighted by Gasteiger charge is -2.21. The monoisotopic (exact) mass is 275 g/mol. The molecule has 0 saturated carbocycles. The van der Waals surface area contributed by atoms with E-state index in [0.29, 0.717) is 12.5 Å². The minimum Gasteiger partial charge on any atom is -0.354 e. The summed E-state index contributed by atoms with van der Waals surface area (Å²) in [4.78, 5) is 14.5. The minimum absolute atomic E-state index is 0.0931. The number of carbonyl (C=O) groups is 1. The first-order valence-corrected chi connectivity index (χ1v) is 7.47. The van der Waals surface area contributed by atoms with Crippen molar-refractivity contribution in [2.45, 2.75) is 25.8 Å². The first-order valence-electron chi connectivity index (χ1n) is 7.47. The fraction of sp³-hybridized carbons (Fsp3) is 0.562. The van der Waals surface area contributed by atoms with Gasteiger partial charge < -0.3 is 16.0 Å². The molecule has 110 valence electrons. The zero-order chi connectivity index (χ0) is 14.4. The molecule has 0 radical (unpaired) electrons. The molecule has 1 amide bonds. The van der Waals surface area contributed by atoms with Gasteiger partial charge in [0.05, 0.1) is 0 Å². The lowest BCUT2D eigenvalue weighted by molar-refractivity contribution is -0.122. The standard InChI is InChI=1S/C16H25N3O/c1-13(12-19-9-5-6-10-19)11-18-16(20)15(17)14-7-3-2-4-8-14/h2-4,7-8,13,15H,5-6,9-12,17H2,1H3,(H,18,20)/t13?,15-/m0/s1. The van der Waals surface area contributed by atoms with E-state index >= 15 is 0 Å². The molecule has 1 unspecified atom stereocenters. The fourth-order valence-corrected chi connectivity index (χ4v) is 2.67. The van der Waals surface area contributed by atoms with Gasteiger partial charge in [0.25, 0.3) is 0 Å². The van der Waals surface area contributed by atoms with E-state index in [2.05, 4.69) is 17.1 Å². The van der Waals surface area contributed by atoms with E-state index in [1.54, 1.807) is 0 Å². The number of carbonyl (C=O) groups excluding carboxylic acids is 1. The molecule has 4 nitrogen and oxygen atoms in total. The van der Waals surface area contributed by atoms with Gasteiger partial charge in [-0.1, -0.05) is 37.3 Å². The average molecular weight is 275 g/mol. The maximum atomic E-state index is 12.0. The maximum Gasteiger partial charge on any atom is 0.241 e. The molecule has 0 aliphatic carbocycles. The molecule has 3 N–H and O–H groups in total. The lowest BCUT2D eigenvalue weighted by atomic mass is 10.1. The van der Waals surface area contributed by atoms with Crippen molar-refractivity contribution < 1.29 is 4.79 Å². The van der Waals surface area contributed by atoms with Crippen LogP contribution in [0.2, 0.25) is 0 Å². The summed E-state index contributed by atoms with van der Waals surface area (Å²) in [5, 5.41) is 2.96. The van der Waals surface area contributed by atoms with Gasteiger partial charge in [0, 0.05) is 13.1 Å². The molecule has 0 spiro atoms. The SMILES string of the molecule is CC(CNC(=O)[C@@H](N)c1ccccc1)CN1CCCC1. The van der Waals surface area contributed by atoms with Gasteiger partial charge >= 0.3 is 0 Å². The predicted molar refractivity (Wildman–Crippen MR) is 81.2 cm³/mol. The molecule has 1 aromatic rings. The van der Waals surface area contributed by atoms with Gasteiger partial charge in [-0.2, -0.15) is 0 Å². The Bertz CT molecular complexity index is 415. The Balaban J connectivity index is 1.74. The van der Waals surface area contributed by atoms with Gasteiger partial charge in [0.15, 0.2) is 0 Å². The largest absolute Gasteiger partial charge is 0.354 e. The van der Waals surface area contributed by atoms with E-state index in [1.165, 1.54) is 25.9 Å². The van der Waals surface area contributed by atoms with Crippen LogP contribution in [-0.2, 0) is 4.79 Å². The number of likely N-dealkylation sites (tertiary alicyclic amines) is 1. The number of rotatable bonds is 6. The molecule has 20 heavy (non-hydrogen) atoms. The van der Waals surface area contributed by atoms with E-state index in [4.69, 9.17) is 5.73 Å². The number of hydrogen-bond donors (Lipinski definition) is 2. The third-order valence-corrected chi connectivity index (χ3v) is 3.83. The Labute approximate surface area is 121 Å². The highest BCUT2D eigenvalue weighted by atomic mass is 16.2. The predicted octanol–water partition coefficient (Wildman–Crippen LogP) is 1.53. The molecule has 2 rings (SSSR count). The second-order valence-corrected chi connectivity index (χ2v) is 5.75. The number of nitrogens with zero attached hydrogens (tertiary/aromatic N) is 1. The van der Waals surface area contributed by atoms with Crippen molar-refractivity contribution in [3.63, 3.8) is 0 Å². The molecule has 0 bridgehead atoms. The van der Waals surface area contributed by atoms with Crippen molar-refractivity contribution in [3.8, 4) is 0 Å². The summed E-state index contributed by atoms with van der Waals surface area (Å²) in [5.74, 6) is 0.365. The van der Waals surface area contributed by atoms with Crippen LogP contribution in [0.25, 0.3) is 0 Å². The number of amides is 1. The molecule has 1 aromatic carbocycles. The number of hydrogen-bond acceptors (Lipinski definition) is 3. The number of nitrogens with one attached hydrogen (secondary N) is 1. The van der Waals surface area contributed by atoms with Gasteiger partial charge in [-0.15, -0.1) is 0 Å². The van der Waals surface area contributed by atoms with Crippen molar-refractivity contribution in [3.05, 3.63) is 35.9 Å². The van der Waals surface area contributed by atoms with Gasteiger partial charge in [-0.05, 0) is 37.4 Å². The van der Waals surface area contributed by atoms with Crippen LogP contribution in [0, 0.1) is 5.92 Å². The highest BCUT2D eigenvalue weighted by molar-refractivity contribution is 5.82. The van der Waals surface area contributed by atoms with Gasteiger partial charge in [0.1, 0.15) is 6.04 Å². The van der Waals surface area contributed by atoms with Crippen molar-refractivity contribution in [2.24, 2.45) is 11.7 Å². The molecular weight excluding hydrogens is 250 g/mol. The smallest absolute Gasteiger partial charge is 0.241 e. The molecule has 1 saturated heterocycles. The van der Waals surface area contributed by atoms with Crippen molar-refractivity contribution in [1.29, 1.82) is 0 Å². The molecule has 0 aromatic heterocycles. The van der Waals surface area contributed by atoms with Crippen LogP contribution in [0.4, 0.5) is 0 Å². The summed E-state index contributed by atoms with van der Waals surface area (Å²) in [7, 11) is 0. The van der Waals surface area contributed by atoms with Crippen LogP contribution in [0.5, 0.6) is 0 Å². The van der Waals surface area contributed by atoms with Crippen LogP contribution in [-0.4, -0.2) is 37.0 Å². The van der Waals surface area contributed by atoms with Crippen LogP contribution < -0.4 is 11.1 Å². The topological polar surface area (TPSA) is 58.4 Å². The third-order valence-electron chi connectivity index (χ3n) is 3.83. The Kier molecular flexibility index (Phi) is 5.56. The van der Waals surface area contributed by atoms with E-state index < -0.39 is 6.04 Å². The van der Waals surface area contributed by atoms with Crippen LogP contribution in [0.15, 0.2) is 30.3 Å². The van der Waals surface area contributed by atoms with Crippen molar-refractivity contribution in [2.75, 3.05) is 26.2 Å². The summed E-state index contributed by atoms with van der Waals surface area (Å²) >= 11 is 0. The second-order valence-electron chi connectivity index (χ2n) is 5.75. The van der Waals surface area contributed by atoms with Gasteiger partial charge in [-0.3, -0.25) is 4.79 Å². The first-order chi connectivity index (χ1) is 9.66. The molecule has 1 aliphatic rings. The van der Waals surface area contributed by atoms with E-state index in [1.807, 2.05) is 30.3 Å². The zero-order valence-electron chi connectivity index (χ0n) is 12.2. The second kappa shape index (κ2) is 7.41. The number of benzene rings is 1. The van der Waals surface area contributed by atoms with Crippen molar-refractivity contribution >= 4 is 5.91 Å². The molecule has 1 aliphatic heterocycles. The number of nitrogens with two attached hydrogens (primary N) is 1. The Morgan fingerprint density at radius 1 is 1.30 bits per heavy atom. The summed E-state index contributed by atoms with van der Waals surface area (Å²) < 4.78 is 0. The Hall–Kier alpha value is -1.39. The summed E-state index contributed by atoms with van der Waals surface area (Å²) in [5.41, 5.74) is 6.82. The van der Waals surface area contributed by atoms with Crippen LogP contribution >= 0.6 is 0 Å². The van der Waals surface area contributed by atoms with E-state index in [0.717, 1.165) is 12.1 Å². The minimum atomic E-state index is -0.574.